The Kier molecular flexibility index (Phi) is 19.1. The van der Waals surface area contributed by atoms with Gasteiger partial charge < -0.3 is 40.6 Å². The van der Waals surface area contributed by atoms with Gasteiger partial charge in [0.25, 0.3) is 5.91 Å². The molecule has 2 aromatic heterocycles. The van der Waals surface area contributed by atoms with Gasteiger partial charge in [-0.15, -0.1) is 0 Å². The molecule has 2 aliphatic heterocycles. The minimum absolute atomic E-state index is 0.0569. The smallest absolute Gasteiger partial charge is 0.253 e. The van der Waals surface area contributed by atoms with Gasteiger partial charge in [-0.25, -0.2) is 9.97 Å². The maximum Gasteiger partial charge on any atom is 0.253 e. The van der Waals surface area contributed by atoms with Crippen molar-refractivity contribution in [2.75, 3.05) is 75.4 Å². The molecule has 4 heterocycles. The third-order valence-corrected chi connectivity index (χ3v) is 12.5. The van der Waals surface area contributed by atoms with E-state index in [-0.39, 0.29) is 22.8 Å². The van der Waals surface area contributed by atoms with Crippen LogP contribution in [0.3, 0.4) is 0 Å². The molecule has 2 aliphatic rings. The van der Waals surface area contributed by atoms with E-state index in [2.05, 4.69) is 54.6 Å². The molecule has 0 spiro atoms. The Morgan fingerprint density at radius 3 is 2.37 bits per heavy atom. The first-order valence-corrected chi connectivity index (χ1v) is 24.6. The number of nitrogen functional groups attached to an aromatic ring is 1. The van der Waals surface area contributed by atoms with E-state index in [9.17, 15) is 22.2 Å². The Labute approximate surface area is 405 Å². The molecule has 0 aliphatic carbocycles. The van der Waals surface area contributed by atoms with Crippen LogP contribution in [-0.4, -0.2) is 124 Å². The normalized spacial score (nSPS) is 14.3. The predicted octanol–water partition coefficient (Wildman–Crippen LogP) is 7.63. The van der Waals surface area contributed by atoms with Crippen LogP contribution in [0.25, 0.3) is 11.0 Å². The standard InChI is InChI=1S/C38H40ClN7O3.C8H9NO2.C3H6INO2/c1-44-16-5-17-45(21-20-44)24-26-8-10-27(11-9-26)38(48)46-18-14-28(15-19-46)43-37-34-32(23-40-36(34)41-25-42-37)35(47)31-13-12-30(22-33(31)39)49-29-6-3-2-4-7-29;1-11-8-3-2-6(5-10)4-7(8)9;6-3-5-2-1-4-7/h2-4,6-13,22-23,25,28H,5,14-21,24H2,1H3,(H2,40,41,42,43);2-5H,9H2,1H3;3H,1-2H2,(H,5,6). The monoisotopic (exact) mass is 1040 g/mol. The van der Waals surface area contributed by atoms with Crippen molar-refractivity contribution in [3.05, 3.63) is 136 Å². The molecule has 67 heavy (non-hydrogen) atoms. The number of rotatable bonds is 15. The molecule has 18 heteroatoms. The molecule has 0 atom stereocenters. The molecule has 0 unspecified atom stereocenters. The first-order chi connectivity index (χ1) is 32.6. The third-order valence-electron chi connectivity index (χ3n) is 11.2. The Bertz CT molecular complexity index is 2580. The number of nitrogens with one attached hydrogen (secondary N) is 3. The van der Waals surface area contributed by atoms with E-state index in [1.165, 1.54) is 25.4 Å². The van der Waals surface area contributed by atoms with Gasteiger partial charge in [-0.3, -0.25) is 27.1 Å². The first-order valence-electron chi connectivity index (χ1n) is 21.8. The minimum atomic E-state index is -0.876. The van der Waals surface area contributed by atoms with Crippen molar-refractivity contribution in [3.63, 3.8) is 0 Å². The molecule has 8 rings (SSSR count). The van der Waals surface area contributed by atoms with Crippen LogP contribution in [0.15, 0.2) is 104 Å². The number of nitrogens with zero attached hydrogens (tertiary/aromatic N) is 5. The topological polar surface area (TPSA) is 205 Å². The molecule has 0 radical (unpaired) electrons. The molecule has 0 bridgehead atoms. The van der Waals surface area contributed by atoms with Gasteiger partial charge in [0.2, 0.25) is 6.41 Å². The number of carbonyl (C=O) groups excluding carboxylic acids is 4. The lowest BCUT2D eigenvalue weighted by Crippen LogP contribution is -2.42. The van der Waals surface area contributed by atoms with Crippen molar-refractivity contribution in [3.8, 4) is 17.2 Å². The van der Waals surface area contributed by atoms with E-state index >= 15 is 0 Å². The van der Waals surface area contributed by atoms with E-state index in [1.807, 2.05) is 47.4 Å². The summed E-state index contributed by atoms with van der Waals surface area (Å²) in [6, 6.07) is 27.5. The molecule has 2 fully saturated rings. The summed E-state index contributed by atoms with van der Waals surface area (Å²) in [5.74, 6) is 2.20. The number of para-hydroxylation sites is 1. The molecule has 352 valence electrons. The number of ketones is 1. The molecule has 2 saturated heterocycles. The second-order valence-corrected chi connectivity index (χ2v) is 18.0. The summed E-state index contributed by atoms with van der Waals surface area (Å²) in [4.78, 5) is 65.7. The molecule has 5 N–H and O–H groups in total. The van der Waals surface area contributed by atoms with Gasteiger partial charge in [0.1, 0.15) is 62.5 Å². The van der Waals surface area contributed by atoms with Crippen LogP contribution in [0.2, 0.25) is 5.02 Å². The Balaban J connectivity index is 0.000000345. The summed E-state index contributed by atoms with van der Waals surface area (Å²) in [7, 11) is 3.71. The van der Waals surface area contributed by atoms with Gasteiger partial charge in [-0.05, 0) is 99.6 Å². The molecule has 4 aromatic carbocycles. The molecule has 0 saturated carbocycles. The lowest BCUT2D eigenvalue weighted by Gasteiger charge is -2.33. The van der Waals surface area contributed by atoms with Crippen LogP contribution in [0.4, 0.5) is 11.5 Å². The van der Waals surface area contributed by atoms with Crippen molar-refractivity contribution in [1.82, 2.24) is 35.0 Å². The third kappa shape index (κ3) is 14.4. The highest BCUT2D eigenvalue weighted by atomic mass is 127. The van der Waals surface area contributed by atoms with E-state index in [1.54, 1.807) is 42.6 Å². The number of aldehydes is 1. The predicted molar refractivity (Wildman–Crippen MR) is 268 cm³/mol. The number of halogens is 2. The highest BCUT2D eigenvalue weighted by Crippen LogP contribution is 2.32. The first kappa shape index (κ1) is 50.1. The fourth-order valence-corrected chi connectivity index (χ4v) is 8.40. The lowest BCUT2D eigenvalue weighted by molar-refractivity contribution is -0.109. The van der Waals surface area contributed by atoms with Gasteiger partial charge in [-0.1, -0.05) is 41.9 Å². The minimum Gasteiger partial charge on any atom is -0.495 e. The zero-order chi connectivity index (χ0) is 47.5. The number of aromatic nitrogens is 3. The number of benzene rings is 4. The summed E-state index contributed by atoms with van der Waals surface area (Å²) in [5.41, 5.74) is 9.86. The van der Waals surface area contributed by atoms with Crippen molar-refractivity contribution >= 4 is 79.7 Å². The molecule has 2 amide bonds. The number of hydrogen-bond acceptors (Lipinski definition) is 13. The number of likely N-dealkylation sites (N-methyl/N-ethyl adjacent to an activating group) is 1. The molecule has 6 aromatic rings. The summed E-state index contributed by atoms with van der Waals surface area (Å²) < 4.78 is 21.2. The fraction of sp³-hybridized carbons (Fsp3) is 0.306. The molecule has 16 nitrogen and oxygen atoms in total. The van der Waals surface area contributed by atoms with Crippen molar-refractivity contribution < 1.29 is 31.7 Å². The van der Waals surface area contributed by atoms with Crippen LogP contribution in [0, 0.1) is 0 Å². The number of anilines is 2. The largest absolute Gasteiger partial charge is 0.495 e. The number of piperidine rings is 1. The van der Waals surface area contributed by atoms with Crippen molar-refractivity contribution in [2.24, 2.45) is 0 Å². The van der Waals surface area contributed by atoms with Gasteiger partial charge >= 0.3 is 0 Å². The van der Waals surface area contributed by atoms with Crippen LogP contribution in [-0.2, 0) is 14.4 Å². The number of amides is 2. The number of H-pyrrole nitrogens is 1. The molecular formula is C49H55ClIN9O7. The summed E-state index contributed by atoms with van der Waals surface area (Å²) in [6.07, 6.45) is 7.17. The zero-order valence-corrected chi connectivity index (χ0v) is 40.4. The lowest BCUT2D eigenvalue weighted by atomic mass is 10.0. The zero-order valence-electron chi connectivity index (χ0n) is 37.5. The number of aromatic amines is 1. The number of methoxy groups -OCH3 is 1. The van der Waals surface area contributed by atoms with E-state index in [4.69, 9.17) is 26.8 Å². The van der Waals surface area contributed by atoms with Crippen LogP contribution in [0.5, 0.6) is 17.2 Å². The van der Waals surface area contributed by atoms with Gasteiger partial charge in [0.05, 0.1) is 28.8 Å². The van der Waals surface area contributed by atoms with E-state index in [0.717, 1.165) is 57.4 Å². The molecular weight excluding hydrogens is 989 g/mol. The SMILES string of the molecule is CN1CCCN(Cc2ccc(C(=O)N3CCC(Nc4ncnc5[nH]cc(C(=O)c6ccc(Oc7ccccc7)cc6Cl)c45)CC3)cc2)CC1.COc1ccc(C=O)cc1N.O=CNCCI=O. The fourth-order valence-electron chi connectivity index (χ4n) is 7.61. The quantitative estimate of drug-likeness (QED) is 0.0195. The number of alkyl halides is 1. The number of fused-ring (bicyclic) bond motifs is 1. The number of ether oxygens (including phenoxy) is 2. The van der Waals surface area contributed by atoms with E-state index in [0.29, 0.717) is 86.9 Å². The maximum absolute atomic E-state index is 13.8. The Hall–Kier alpha value is -6.28. The average molecular weight is 1040 g/mol. The average Bonchev–Trinajstić information content (AvgIpc) is 3.69. The summed E-state index contributed by atoms with van der Waals surface area (Å²) in [5, 5.41) is 6.83. The number of carbonyl (C=O) groups is 4. The Morgan fingerprint density at radius 1 is 0.910 bits per heavy atom. The highest BCUT2D eigenvalue weighted by Gasteiger charge is 2.26. The highest BCUT2D eigenvalue weighted by molar-refractivity contribution is 14.1. The summed E-state index contributed by atoms with van der Waals surface area (Å²) in [6.45, 7) is 7.11. The summed E-state index contributed by atoms with van der Waals surface area (Å²) >= 11 is 5.72. The van der Waals surface area contributed by atoms with Crippen molar-refractivity contribution in [2.45, 2.75) is 31.8 Å². The second-order valence-electron chi connectivity index (χ2n) is 15.9. The second kappa shape index (κ2) is 25.6. The van der Waals surface area contributed by atoms with Gasteiger partial charge in [0, 0.05) is 78.7 Å². The van der Waals surface area contributed by atoms with Crippen molar-refractivity contribution in [1.29, 1.82) is 0 Å². The van der Waals surface area contributed by atoms with Crippen LogP contribution < -0.4 is 25.8 Å². The number of likely N-dealkylation sites (tertiary alicyclic amines) is 1. The van der Waals surface area contributed by atoms with Crippen LogP contribution >= 0.6 is 32.8 Å². The number of nitrogens with two attached hydrogens (primary N) is 1. The maximum atomic E-state index is 13.8. The Morgan fingerprint density at radius 2 is 1.69 bits per heavy atom. The van der Waals surface area contributed by atoms with Gasteiger partial charge in [0.15, 0.2) is 5.78 Å². The van der Waals surface area contributed by atoms with E-state index < -0.39 is 21.2 Å². The van der Waals surface area contributed by atoms with Crippen LogP contribution in [0.1, 0.15) is 61.5 Å². The van der Waals surface area contributed by atoms with Gasteiger partial charge in [-0.2, -0.15) is 0 Å². The number of hydrogen-bond donors (Lipinski definition) is 4.